The van der Waals surface area contributed by atoms with Crippen molar-refractivity contribution in [2.45, 2.75) is 13.8 Å². The molecule has 0 radical (unpaired) electrons. The van der Waals surface area contributed by atoms with Crippen LogP contribution in [0.5, 0.6) is 0 Å². The highest BCUT2D eigenvalue weighted by Crippen LogP contribution is 2.34. The van der Waals surface area contributed by atoms with E-state index in [0.717, 1.165) is 28.3 Å². The number of likely N-dealkylation sites (N-methyl/N-ethyl adjacent to an activating group) is 1. The molecule has 1 amide bonds. The molecule has 180 valence electrons. The second-order valence-corrected chi connectivity index (χ2v) is 9.49. The number of methoxy groups -OCH3 is 1. The minimum Gasteiger partial charge on any atom is -0.465 e. The van der Waals surface area contributed by atoms with Gasteiger partial charge >= 0.3 is 5.97 Å². The second-order valence-electron chi connectivity index (χ2n) is 8.48. The Morgan fingerprint density at radius 1 is 1.06 bits per heavy atom. The van der Waals surface area contributed by atoms with E-state index in [1.165, 1.54) is 18.9 Å². The van der Waals surface area contributed by atoms with E-state index >= 15 is 0 Å². The van der Waals surface area contributed by atoms with Gasteiger partial charge in [-0.3, -0.25) is 9.69 Å². The molecule has 0 N–H and O–H groups in total. The Morgan fingerprint density at radius 3 is 2.31 bits per heavy atom. The first-order valence-electron chi connectivity index (χ1n) is 11.1. The molecule has 0 atom stereocenters. The summed E-state index contributed by atoms with van der Waals surface area (Å²) < 4.78 is 6.92. The highest BCUT2D eigenvalue weighted by molar-refractivity contribution is 8.18. The third-order valence-corrected chi connectivity index (χ3v) is 6.96. The number of hydrogen-bond donors (Lipinski definition) is 0. The molecular weight excluding hydrogens is 460 g/mol. The molecule has 1 aliphatic heterocycles. The lowest BCUT2D eigenvalue weighted by atomic mass is 10.2. The van der Waals surface area contributed by atoms with Crippen LogP contribution >= 0.6 is 11.8 Å². The van der Waals surface area contributed by atoms with Crippen LogP contribution in [0.2, 0.25) is 0 Å². The molecule has 1 fully saturated rings. The molecule has 1 aromatic heterocycles. The second kappa shape index (κ2) is 9.84. The number of carbonyl (C=O) groups is 2. The molecule has 1 saturated heterocycles. The number of aromatic nitrogens is 1. The predicted molar refractivity (Wildman–Crippen MR) is 143 cm³/mol. The van der Waals surface area contributed by atoms with Crippen LogP contribution in [-0.4, -0.2) is 54.8 Å². The highest BCUT2D eigenvalue weighted by Gasteiger charge is 2.30. The molecular formula is C27H28N4O3S. The molecule has 7 nitrogen and oxygen atoms in total. The van der Waals surface area contributed by atoms with Crippen molar-refractivity contribution in [3.63, 3.8) is 0 Å². The topological polar surface area (TPSA) is 67.1 Å². The Balaban J connectivity index is 1.61. The summed E-state index contributed by atoms with van der Waals surface area (Å²) >= 11 is 1.34. The SMILES string of the molecule is COC(=O)c1ccc(N=C2SC(=Cc3cc(C)n(-c4ccc(N(C)C)cc4)c3C)C(=O)N2C)cc1. The van der Waals surface area contributed by atoms with Crippen LogP contribution in [0, 0.1) is 13.8 Å². The molecule has 0 unspecified atom stereocenters. The first kappa shape index (κ1) is 24.3. The number of thioether (sulfide) groups is 1. The first-order valence-corrected chi connectivity index (χ1v) is 11.9. The van der Waals surface area contributed by atoms with Gasteiger partial charge in [-0.25, -0.2) is 9.79 Å². The van der Waals surface area contributed by atoms with Crippen molar-refractivity contribution in [3.8, 4) is 5.69 Å². The average molecular weight is 489 g/mol. The Bertz CT molecular complexity index is 1340. The lowest BCUT2D eigenvalue weighted by molar-refractivity contribution is -0.121. The number of aryl methyl sites for hydroxylation is 1. The van der Waals surface area contributed by atoms with Gasteiger partial charge in [0.1, 0.15) is 0 Å². The lowest BCUT2D eigenvalue weighted by Gasteiger charge is -2.14. The zero-order valence-corrected chi connectivity index (χ0v) is 21.5. The fraction of sp³-hybridized carbons (Fsp3) is 0.222. The first-order chi connectivity index (χ1) is 16.7. The van der Waals surface area contributed by atoms with E-state index in [1.807, 2.05) is 20.2 Å². The third-order valence-electron chi connectivity index (χ3n) is 5.90. The van der Waals surface area contributed by atoms with Gasteiger partial charge in [-0.15, -0.1) is 0 Å². The number of amidine groups is 1. The van der Waals surface area contributed by atoms with Gasteiger partial charge in [-0.1, -0.05) is 0 Å². The molecule has 0 saturated carbocycles. The molecule has 35 heavy (non-hydrogen) atoms. The number of rotatable bonds is 5. The van der Waals surface area contributed by atoms with Crippen molar-refractivity contribution in [2.75, 3.05) is 33.2 Å². The smallest absolute Gasteiger partial charge is 0.337 e. The summed E-state index contributed by atoms with van der Waals surface area (Å²) in [7, 11) is 7.10. The maximum absolute atomic E-state index is 13.0. The van der Waals surface area contributed by atoms with Gasteiger partial charge in [-0.2, -0.15) is 0 Å². The number of esters is 1. The summed E-state index contributed by atoms with van der Waals surface area (Å²) in [5.41, 5.74) is 6.47. The minimum absolute atomic E-state index is 0.0972. The van der Waals surface area contributed by atoms with Crippen LogP contribution in [-0.2, 0) is 9.53 Å². The lowest BCUT2D eigenvalue weighted by Crippen LogP contribution is -2.23. The molecule has 2 heterocycles. The standard InChI is InChI=1S/C27H28N4O3S/c1-17-15-20(18(2)31(17)23-13-11-22(12-14-23)29(3)4)16-24-25(32)30(5)27(35-24)28-21-9-7-19(8-10-21)26(33)34-6/h7-16H,1-6H3. The van der Waals surface area contributed by atoms with Gasteiger partial charge in [0.2, 0.25) is 0 Å². The van der Waals surface area contributed by atoms with Crippen LogP contribution in [0.15, 0.2) is 64.5 Å². The zero-order valence-electron chi connectivity index (χ0n) is 20.7. The van der Waals surface area contributed by atoms with Gasteiger partial charge in [0.15, 0.2) is 5.17 Å². The fourth-order valence-corrected chi connectivity index (χ4v) is 4.90. The Hall–Kier alpha value is -3.78. The van der Waals surface area contributed by atoms with Gasteiger partial charge in [-0.05, 0) is 91.8 Å². The van der Waals surface area contributed by atoms with E-state index < -0.39 is 5.97 Å². The summed E-state index contributed by atoms with van der Waals surface area (Å²) in [4.78, 5) is 33.4. The zero-order chi connectivity index (χ0) is 25.3. The molecule has 2 aromatic carbocycles. The normalized spacial score (nSPS) is 15.8. The third kappa shape index (κ3) is 4.88. The van der Waals surface area contributed by atoms with E-state index in [2.05, 4.69) is 58.6 Å². The van der Waals surface area contributed by atoms with Crippen molar-refractivity contribution < 1.29 is 14.3 Å². The van der Waals surface area contributed by atoms with E-state index in [9.17, 15) is 9.59 Å². The largest absolute Gasteiger partial charge is 0.465 e. The summed E-state index contributed by atoms with van der Waals surface area (Å²) in [5.74, 6) is -0.497. The van der Waals surface area contributed by atoms with E-state index in [1.54, 1.807) is 36.2 Å². The number of hydrogen-bond acceptors (Lipinski definition) is 6. The monoisotopic (exact) mass is 488 g/mol. The number of amides is 1. The summed E-state index contributed by atoms with van der Waals surface area (Å²) in [6.45, 7) is 4.13. The molecule has 0 spiro atoms. The number of aliphatic imine (C=N–C) groups is 1. The van der Waals surface area contributed by atoms with Crippen molar-refractivity contribution >= 4 is 46.3 Å². The Morgan fingerprint density at radius 2 is 1.71 bits per heavy atom. The van der Waals surface area contributed by atoms with Gasteiger partial charge in [0.05, 0.1) is 23.3 Å². The summed E-state index contributed by atoms with van der Waals surface area (Å²) in [5, 5.41) is 0.583. The van der Waals surface area contributed by atoms with E-state index in [4.69, 9.17) is 4.74 Å². The summed E-state index contributed by atoms with van der Waals surface area (Å²) in [6.07, 6.45) is 1.93. The van der Waals surface area contributed by atoms with Gasteiger partial charge in [0, 0.05) is 43.9 Å². The van der Waals surface area contributed by atoms with Crippen LogP contribution in [0.4, 0.5) is 11.4 Å². The predicted octanol–water partition coefficient (Wildman–Crippen LogP) is 5.18. The van der Waals surface area contributed by atoms with Crippen molar-refractivity contribution in [2.24, 2.45) is 4.99 Å². The molecule has 8 heteroatoms. The van der Waals surface area contributed by atoms with Gasteiger partial charge < -0.3 is 14.2 Å². The maximum Gasteiger partial charge on any atom is 0.337 e. The number of ether oxygens (including phenoxy) is 1. The molecule has 3 aromatic rings. The van der Waals surface area contributed by atoms with Crippen molar-refractivity contribution in [1.29, 1.82) is 0 Å². The van der Waals surface area contributed by atoms with Crippen LogP contribution in [0.1, 0.15) is 27.3 Å². The molecule has 4 rings (SSSR count). The number of benzene rings is 2. The minimum atomic E-state index is -0.400. The summed E-state index contributed by atoms with van der Waals surface area (Å²) in [6, 6.07) is 17.3. The van der Waals surface area contributed by atoms with Crippen molar-refractivity contribution in [3.05, 3.63) is 82.0 Å². The van der Waals surface area contributed by atoms with Crippen LogP contribution in [0.25, 0.3) is 11.8 Å². The maximum atomic E-state index is 13.0. The molecule has 0 bridgehead atoms. The number of anilines is 1. The Labute approximate surface area is 209 Å². The quantitative estimate of drug-likeness (QED) is 0.366. The van der Waals surface area contributed by atoms with Crippen molar-refractivity contribution in [1.82, 2.24) is 9.47 Å². The van der Waals surface area contributed by atoms with E-state index in [0.29, 0.717) is 21.3 Å². The fourth-order valence-electron chi connectivity index (χ4n) is 3.92. The molecule has 0 aliphatic carbocycles. The van der Waals surface area contributed by atoms with Crippen LogP contribution in [0.3, 0.4) is 0 Å². The number of nitrogens with zero attached hydrogens (tertiary/aromatic N) is 4. The number of carbonyl (C=O) groups excluding carboxylic acids is 2. The highest BCUT2D eigenvalue weighted by atomic mass is 32.2. The van der Waals surface area contributed by atoms with E-state index in [-0.39, 0.29) is 5.91 Å². The van der Waals surface area contributed by atoms with Crippen LogP contribution < -0.4 is 4.90 Å². The Kier molecular flexibility index (Phi) is 6.84. The molecule has 1 aliphatic rings. The average Bonchev–Trinajstić information content (AvgIpc) is 3.28. The van der Waals surface area contributed by atoms with Gasteiger partial charge in [0.25, 0.3) is 5.91 Å².